The molecule has 2 aromatic carbocycles. The Morgan fingerprint density at radius 2 is 1.50 bits per heavy atom. The molecule has 106 valence electrons. The van der Waals surface area contributed by atoms with Gasteiger partial charge >= 0.3 is 0 Å². The molecule has 0 fully saturated rings. The fourth-order valence-corrected chi connectivity index (χ4v) is 2.25. The fourth-order valence-electron chi connectivity index (χ4n) is 2.25. The lowest BCUT2D eigenvalue weighted by Gasteiger charge is -2.19. The summed E-state index contributed by atoms with van der Waals surface area (Å²) in [6.07, 6.45) is 0. The molecule has 0 spiro atoms. The number of hydrogen-bond donors (Lipinski definition) is 1. The van der Waals surface area contributed by atoms with Crippen LogP contribution in [0.25, 0.3) is 0 Å². The number of benzene rings is 2. The highest BCUT2D eigenvalue weighted by atomic mass is 14.9. The normalized spacial score (nSPS) is 13.2. The molecule has 0 heterocycles. The van der Waals surface area contributed by atoms with Crippen molar-refractivity contribution in [3.05, 3.63) is 71.3 Å². The molecule has 0 saturated carbocycles. The molecule has 0 aliphatic rings. The third kappa shape index (κ3) is 3.94. The molecule has 0 saturated heterocycles. The summed E-state index contributed by atoms with van der Waals surface area (Å²) in [5.74, 6) is 0. The predicted molar refractivity (Wildman–Crippen MR) is 86.8 cm³/mol. The second-order valence-electron chi connectivity index (χ2n) is 6.46. The zero-order valence-corrected chi connectivity index (χ0v) is 13.0. The van der Waals surface area contributed by atoms with Crippen molar-refractivity contribution in [2.24, 2.45) is 0 Å². The fraction of sp³-hybridized carbons (Fsp3) is 0.368. The standard InChI is InChI=1S/C19H25N/c1-15(17-8-6-5-7-9-17)20-14-16-10-12-18(13-11-16)19(2,3)4/h5-13,15,20H,14H2,1-4H3/t15-/m1/s1. The number of hydrogen-bond acceptors (Lipinski definition) is 1. The minimum absolute atomic E-state index is 0.225. The van der Waals surface area contributed by atoms with Crippen molar-refractivity contribution in [3.8, 4) is 0 Å². The lowest BCUT2D eigenvalue weighted by atomic mass is 9.87. The van der Waals surface area contributed by atoms with Gasteiger partial charge in [-0.3, -0.25) is 0 Å². The topological polar surface area (TPSA) is 12.0 Å². The van der Waals surface area contributed by atoms with E-state index in [0.29, 0.717) is 6.04 Å². The highest BCUT2D eigenvalue weighted by molar-refractivity contribution is 5.27. The Balaban J connectivity index is 1.94. The van der Waals surface area contributed by atoms with E-state index in [-0.39, 0.29) is 5.41 Å². The van der Waals surface area contributed by atoms with E-state index in [1.54, 1.807) is 0 Å². The van der Waals surface area contributed by atoms with E-state index in [2.05, 4.69) is 87.6 Å². The molecular formula is C19H25N. The van der Waals surface area contributed by atoms with Gasteiger partial charge in [0.1, 0.15) is 0 Å². The van der Waals surface area contributed by atoms with Crippen LogP contribution in [0.5, 0.6) is 0 Å². The molecule has 20 heavy (non-hydrogen) atoms. The van der Waals surface area contributed by atoms with Crippen molar-refractivity contribution >= 4 is 0 Å². The third-order valence-electron chi connectivity index (χ3n) is 3.73. The van der Waals surface area contributed by atoms with Crippen LogP contribution in [0.1, 0.15) is 50.4 Å². The first-order valence-corrected chi connectivity index (χ1v) is 7.34. The predicted octanol–water partition coefficient (Wildman–Crippen LogP) is 4.83. The average Bonchev–Trinajstić information content (AvgIpc) is 2.45. The Morgan fingerprint density at radius 3 is 2.05 bits per heavy atom. The molecule has 0 aliphatic heterocycles. The lowest BCUT2D eigenvalue weighted by molar-refractivity contribution is 0.572. The van der Waals surface area contributed by atoms with Gasteiger partial charge in [-0.2, -0.15) is 0 Å². The first kappa shape index (κ1) is 14.8. The Morgan fingerprint density at radius 1 is 0.900 bits per heavy atom. The maximum absolute atomic E-state index is 3.57. The smallest absolute Gasteiger partial charge is 0.0294 e. The SMILES string of the molecule is C[C@@H](NCc1ccc(C(C)(C)C)cc1)c1ccccc1. The zero-order chi connectivity index (χ0) is 14.6. The highest BCUT2D eigenvalue weighted by Gasteiger charge is 2.12. The van der Waals surface area contributed by atoms with Crippen molar-refractivity contribution in [3.63, 3.8) is 0 Å². The van der Waals surface area contributed by atoms with Gasteiger partial charge in [-0.25, -0.2) is 0 Å². The van der Waals surface area contributed by atoms with E-state index in [1.165, 1.54) is 16.7 Å². The highest BCUT2D eigenvalue weighted by Crippen LogP contribution is 2.22. The van der Waals surface area contributed by atoms with Crippen LogP contribution in [0.2, 0.25) is 0 Å². The van der Waals surface area contributed by atoms with Crippen molar-refractivity contribution in [1.29, 1.82) is 0 Å². The zero-order valence-electron chi connectivity index (χ0n) is 13.0. The van der Waals surface area contributed by atoms with Crippen LogP contribution in [0.15, 0.2) is 54.6 Å². The van der Waals surface area contributed by atoms with E-state index >= 15 is 0 Å². The van der Waals surface area contributed by atoms with Crippen LogP contribution >= 0.6 is 0 Å². The van der Waals surface area contributed by atoms with E-state index in [9.17, 15) is 0 Å². The molecule has 1 N–H and O–H groups in total. The minimum Gasteiger partial charge on any atom is -0.306 e. The van der Waals surface area contributed by atoms with Gasteiger partial charge < -0.3 is 5.32 Å². The summed E-state index contributed by atoms with van der Waals surface area (Å²) >= 11 is 0. The molecule has 1 heteroatoms. The van der Waals surface area contributed by atoms with Gasteiger partial charge in [0.15, 0.2) is 0 Å². The largest absolute Gasteiger partial charge is 0.306 e. The number of rotatable bonds is 4. The molecule has 0 aromatic heterocycles. The summed E-state index contributed by atoms with van der Waals surface area (Å²) in [6, 6.07) is 19.9. The van der Waals surface area contributed by atoms with E-state index in [4.69, 9.17) is 0 Å². The summed E-state index contributed by atoms with van der Waals surface area (Å²) in [6.45, 7) is 9.85. The molecule has 2 aromatic rings. The third-order valence-corrected chi connectivity index (χ3v) is 3.73. The van der Waals surface area contributed by atoms with E-state index < -0.39 is 0 Å². The summed E-state index contributed by atoms with van der Waals surface area (Å²) in [5.41, 5.74) is 4.28. The molecule has 0 bridgehead atoms. The van der Waals surface area contributed by atoms with Gasteiger partial charge in [-0.05, 0) is 29.0 Å². The molecule has 0 aliphatic carbocycles. The monoisotopic (exact) mass is 267 g/mol. The molecular weight excluding hydrogens is 242 g/mol. The second-order valence-corrected chi connectivity index (χ2v) is 6.46. The van der Waals surface area contributed by atoms with E-state index in [1.807, 2.05) is 0 Å². The van der Waals surface area contributed by atoms with Crippen LogP contribution < -0.4 is 5.32 Å². The van der Waals surface area contributed by atoms with Crippen molar-refractivity contribution in [2.45, 2.75) is 45.7 Å². The first-order valence-electron chi connectivity index (χ1n) is 7.34. The van der Waals surface area contributed by atoms with Crippen LogP contribution in [0, 0.1) is 0 Å². The maximum Gasteiger partial charge on any atom is 0.0294 e. The van der Waals surface area contributed by atoms with Gasteiger partial charge in [-0.15, -0.1) is 0 Å². The Bertz CT molecular complexity index is 520. The summed E-state index contributed by atoms with van der Waals surface area (Å²) in [5, 5.41) is 3.57. The van der Waals surface area contributed by atoms with Gasteiger partial charge in [0.25, 0.3) is 0 Å². The minimum atomic E-state index is 0.225. The first-order chi connectivity index (χ1) is 9.47. The molecule has 0 radical (unpaired) electrons. The molecule has 2 rings (SSSR count). The van der Waals surface area contributed by atoms with Gasteiger partial charge in [0.05, 0.1) is 0 Å². The van der Waals surface area contributed by atoms with Gasteiger partial charge in [0.2, 0.25) is 0 Å². The van der Waals surface area contributed by atoms with Crippen molar-refractivity contribution in [2.75, 3.05) is 0 Å². The van der Waals surface area contributed by atoms with Crippen molar-refractivity contribution < 1.29 is 0 Å². The van der Waals surface area contributed by atoms with Crippen molar-refractivity contribution in [1.82, 2.24) is 5.32 Å². The number of nitrogens with one attached hydrogen (secondary N) is 1. The van der Waals surface area contributed by atoms with Crippen LogP contribution in [0.3, 0.4) is 0 Å². The Labute approximate surface area is 123 Å². The van der Waals surface area contributed by atoms with Crippen LogP contribution in [0.4, 0.5) is 0 Å². The van der Waals surface area contributed by atoms with Crippen LogP contribution in [-0.2, 0) is 12.0 Å². The summed E-state index contributed by atoms with van der Waals surface area (Å²) < 4.78 is 0. The molecule has 1 atom stereocenters. The summed E-state index contributed by atoms with van der Waals surface area (Å²) in [7, 11) is 0. The van der Waals surface area contributed by atoms with Gasteiger partial charge in [0, 0.05) is 12.6 Å². The quantitative estimate of drug-likeness (QED) is 0.836. The molecule has 1 nitrogen and oxygen atoms in total. The molecule has 0 amide bonds. The van der Waals surface area contributed by atoms with Gasteiger partial charge in [-0.1, -0.05) is 75.4 Å². The van der Waals surface area contributed by atoms with E-state index in [0.717, 1.165) is 6.54 Å². The average molecular weight is 267 g/mol. The summed E-state index contributed by atoms with van der Waals surface area (Å²) in [4.78, 5) is 0. The maximum atomic E-state index is 3.57. The molecule has 0 unspecified atom stereocenters. The Kier molecular flexibility index (Phi) is 4.61. The second kappa shape index (κ2) is 6.23. The van der Waals surface area contributed by atoms with Crippen LogP contribution in [-0.4, -0.2) is 0 Å². The Hall–Kier alpha value is -1.60. The lowest BCUT2D eigenvalue weighted by Crippen LogP contribution is -2.18.